The molecule has 2 amide bonds. The van der Waals surface area contributed by atoms with Crippen molar-refractivity contribution in [2.24, 2.45) is 5.92 Å². The van der Waals surface area contributed by atoms with Crippen LogP contribution in [-0.4, -0.2) is 42.2 Å². The van der Waals surface area contributed by atoms with E-state index < -0.39 is 0 Å². The lowest BCUT2D eigenvalue weighted by Crippen LogP contribution is -2.43. The summed E-state index contributed by atoms with van der Waals surface area (Å²) in [5.74, 6) is 0.651. The van der Waals surface area contributed by atoms with Crippen molar-refractivity contribution >= 4 is 6.03 Å². The maximum absolute atomic E-state index is 12.6. The highest BCUT2D eigenvalue weighted by molar-refractivity contribution is 5.74. The summed E-state index contributed by atoms with van der Waals surface area (Å²) in [6.07, 6.45) is 9.10. The highest BCUT2D eigenvalue weighted by Gasteiger charge is 2.26. The zero-order valence-corrected chi connectivity index (χ0v) is 15.0. The molecule has 0 radical (unpaired) electrons. The second-order valence-corrected chi connectivity index (χ2v) is 6.87. The highest BCUT2D eigenvalue weighted by atomic mass is 16.5. The average Bonchev–Trinajstić information content (AvgIpc) is 2.84. The first-order valence-corrected chi connectivity index (χ1v) is 9.20. The van der Waals surface area contributed by atoms with Crippen molar-refractivity contribution in [3.8, 4) is 0 Å². The van der Waals surface area contributed by atoms with Gasteiger partial charge in [-0.3, -0.25) is 4.98 Å². The van der Waals surface area contributed by atoms with Gasteiger partial charge in [0, 0.05) is 32.1 Å². The number of aromatic nitrogens is 1. The molecule has 5 heteroatoms. The average molecular weight is 333 g/mol. The van der Waals surface area contributed by atoms with Gasteiger partial charge in [-0.1, -0.05) is 26.7 Å². The van der Waals surface area contributed by atoms with Crippen LogP contribution in [0.3, 0.4) is 0 Å². The number of carbonyl (C=O) groups excluding carboxylic acids is 1. The first-order chi connectivity index (χ1) is 11.7. The molecular weight excluding hydrogens is 302 g/mol. The van der Waals surface area contributed by atoms with Gasteiger partial charge in [0.2, 0.25) is 0 Å². The standard InChI is InChI=1S/C19H31N3O2/c1-16(2)9-14-24-15-12-21-19(23)22-13-5-3-4-6-18(22)17-7-10-20-11-8-17/h7-8,10-11,16,18H,3-6,9,12-15H2,1-2H3,(H,21,23). The van der Waals surface area contributed by atoms with E-state index in [1.165, 1.54) is 12.0 Å². The molecule has 0 aliphatic carbocycles. The second kappa shape index (κ2) is 10.3. The number of carbonyl (C=O) groups is 1. The number of rotatable bonds is 7. The minimum Gasteiger partial charge on any atom is -0.380 e. The Labute approximate surface area is 145 Å². The molecule has 1 unspecified atom stereocenters. The summed E-state index contributed by atoms with van der Waals surface area (Å²) in [7, 11) is 0. The summed E-state index contributed by atoms with van der Waals surface area (Å²) >= 11 is 0. The molecule has 1 aromatic heterocycles. The molecule has 2 heterocycles. The van der Waals surface area contributed by atoms with Crippen molar-refractivity contribution in [3.05, 3.63) is 30.1 Å². The number of amides is 2. The van der Waals surface area contributed by atoms with Gasteiger partial charge in [0.25, 0.3) is 0 Å². The van der Waals surface area contributed by atoms with Crippen molar-refractivity contribution in [2.45, 2.75) is 52.0 Å². The van der Waals surface area contributed by atoms with Crippen LogP contribution in [0.4, 0.5) is 4.79 Å². The van der Waals surface area contributed by atoms with Crippen LogP contribution in [0.25, 0.3) is 0 Å². The van der Waals surface area contributed by atoms with Crippen LogP contribution in [0.5, 0.6) is 0 Å². The number of hydrogen-bond acceptors (Lipinski definition) is 3. The molecule has 1 N–H and O–H groups in total. The highest BCUT2D eigenvalue weighted by Crippen LogP contribution is 2.29. The summed E-state index contributed by atoms with van der Waals surface area (Å²) < 4.78 is 5.58. The normalized spacial score (nSPS) is 18.5. The van der Waals surface area contributed by atoms with Crippen LogP contribution in [0.2, 0.25) is 0 Å². The first-order valence-electron chi connectivity index (χ1n) is 9.20. The van der Waals surface area contributed by atoms with Crippen molar-refractivity contribution in [1.82, 2.24) is 15.2 Å². The van der Waals surface area contributed by atoms with E-state index in [0.717, 1.165) is 38.8 Å². The number of nitrogens with one attached hydrogen (secondary N) is 1. The summed E-state index contributed by atoms with van der Waals surface area (Å²) in [5.41, 5.74) is 1.18. The van der Waals surface area contributed by atoms with Crippen LogP contribution in [0, 0.1) is 5.92 Å². The Morgan fingerprint density at radius 3 is 2.83 bits per heavy atom. The molecule has 134 valence electrons. The van der Waals surface area contributed by atoms with E-state index in [-0.39, 0.29) is 12.1 Å². The van der Waals surface area contributed by atoms with Crippen molar-refractivity contribution < 1.29 is 9.53 Å². The molecule has 1 aliphatic heterocycles. The summed E-state index contributed by atoms with van der Waals surface area (Å²) in [6, 6.07) is 4.21. The minimum absolute atomic E-state index is 0.0196. The molecule has 24 heavy (non-hydrogen) atoms. The molecule has 5 nitrogen and oxygen atoms in total. The van der Waals surface area contributed by atoms with E-state index in [9.17, 15) is 4.79 Å². The molecule has 1 fully saturated rings. The minimum atomic E-state index is 0.0196. The zero-order valence-electron chi connectivity index (χ0n) is 15.0. The van der Waals surface area contributed by atoms with Crippen molar-refractivity contribution in [1.29, 1.82) is 0 Å². The lowest BCUT2D eigenvalue weighted by atomic mass is 10.0. The SMILES string of the molecule is CC(C)CCOCCNC(=O)N1CCCCCC1c1ccncc1. The van der Waals surface area contributed by atoms with Crippen LogP contribution in [0.1, 0.15) is 57.6 Å². The fraction of sp³-hybridized carbons (Fsp3) is 0.684. The largest absolute Gasteiger partial charge is 0.380 e. The Kier molecular flexibility index (Phi) is 8.02. The van der Waals surface area contributed by atoms with Gasteiger partial charge in [-0.2, -0.15) is 0 Å². The molecule has 1 atom stereocenters. The predicted molar refractivity (Wildman–Crippen MR) is 95.8 cm³/mol. The Hall–Kier alpha value is -1.62. The molecule has 1 aromatic rings. The molecule has 0 spiro atoms. The molecule has 1 aliphatic rings. The predicted octanol–water partition coefficient (Wildman–Crippen LogP) is 3.77. The molecule has 1 saturated heterocycles. The van der Waals surface area contributed by atoms with Crippen LogP contribution in [-0.2, 0) is 4.74 Å². The van der Waals surface area contributed by atoms with Crippen LogP contribution in [0.15, 0.2) is 24.5 Å². The van der Waals surface area contributed by atoms with Gasteiger partial charge in [-0.15, -0.1) is 0 Å². The Morgan fingerprint density at radius 2 is 2.08 bits per heavy atom. The van der Waals surface area contributed by atoms with Gasteiger partial charge in [0.05, 0.1) is 12.6 Å². The van der Waals surface area contributed by atoms with Gasteiger partial charge in [-0.05, 0) is 42.9 Å². The monoisotopic (exact) mass is 333 g/mol. The van der Waals surface area contributed by atoms with Crippen LogP contribution >= 0.6 is 0 Å². The molecule has 0 saturated carbocycles. The van der Waals surface area contributed by atoms with Gasteiger partial charge in [0.1, 0.15) is 0 Å². The third-order valence-electron chi connectivity index (χ3n) is 4.47. The number of pyridine rings is 1. The summed E-state index contributed by atoms with van der Waals surface area (Å²) in [5, 5.41) is 3.01. The maximum Gasteiger partial charge on any atom is 0.317 e. The summed E-state index contributed by atoms with van der Waals surface area (Å²) in [6.45, 7) is 7.08. The number of hydrogen-bond donors (Lipinski definition) is 1. The fourth-order valence-corrected chi connectivity index (χ4v) is 3.04. The molecule has 0 aromatic carbocycles. The Morgan fingerprint density at radius 1 is 1.29 bits per heavy atom. The smallest absolute Gasteiger partial charge is 0.317 e. The van der Waals surface area contributed by atoms with Gasteiger partial charge in [0.15, 0.2) is 0 Å². The van der Waals surface area contributed by atoms with Gasteiger partial charge < -0.3 is 15.0 Å². The van der Waals surface area contributed by atoms with E-state index in [4.69, 9.17) is 4.74 Å². The zero-order chi connectivity index (χ0) is 17.2. The fourth-order valence-electron chi connectivity index (χ4n) is 3.04. The first kappa shape index (κ1) is 18.7. The number of nitrogens with zero attached hydrogens (tertiary/aromatic N) is 2. The Balaban J connectivity index is 1.83. The third kappa shape index (κ3) is 6.11. The molecule has 2 rings (SSSR count). The van der Waals surface area contributed by atoms with Crippen LogP contribution < -0.4 is 5.32 Å². The lowest BCUT2D eigenvalue weighted by Gasteiger charge is -2.30. The molecule has 0 bridgehead atoms. The van der Waals surface area contributed by atoms with Gasteiger partial charge >= 0.3 is 6.03 Å². The van der Waals surface area contributed by atoms with E-state index in [1.807, 2.05) is 17.0 Å². The topological polar surface area (TPSA) is 54.5 Å². The van der Waals surface area contributed by atoms with E-state index in [1.54, 1.807) is 12.4 Å². The lowest BCUT2D eigenvalue weighted by molar-refractivity contribution is 0.122. The van der Waals surface area contributed by atoms with Gasteiger partial charge in [-0.25, -0.2) is 4.79 Å². The van der Waals surface area contributed by atoms with Crippen molar-refractivity contribution in [2.75, 3.05) is 26.3 Å². The number of ether oxygens (including phenoxy) is 1. The van der Waals surface area contributed by atoms with E-state index in [0.29, 0.717) is 19.1 Å². The number of urea groups is 1. The van der Waals surface area contributed by atoms with E-state index in [2.05, 4.69) is 24.1 Å². The number of likely N-dealkylation sites (tertiary alicyclic amines) is 1. The molecular formula is C19H31N3O2. The van der Waals surface area contributed by atoms with E-state index >= 15 is 0 Å². The third-order valence-corrected chi connectivity index (χ3v) is 4.47. The van der Waals surface area contributed by atoms with Crippen molar-refractivity contribution in [3.63, 3.8) is 0 Å². The second-order valence-electron chi connectivity index (χ2n) is 6.87. The quantitative estimate of drug-likeness (QED) is 0.773. The summed E-state index contributed by atoms with van der Waals surface area (Å²) in [4.78, 5) is 18.7. The Bertz CT molecular complexity index is 479. The maximum atomic E-state index is 12.6.